The highest BCUT2D eigenvalue weighted by atomic mass is 16.5. The fourth-order valence-corrected chi connectivity index (χ4v) is 3.54. The zero-order chi connectivity index (χ0) is 19.5. The van der Waals surface area contributed by atoms with Crippen molar-refractivity contribution in [3.8, 4) is 17.5 Å². The number of anilines is 1. The summed E-state index contributed by atoms with van der Waals surface area (Å²) < 4.78 is 5.60. The van der Waals surface area contributed by atoms with Gasteiger partial charge in [0.25, 0.3) is 0 Å². The average molecular weight is 374 g/mol. The van der Waals surface area contributed by atoms with E-state index in [1.807, 2.05) is 55.4 Å². The van der Waals surface area contributed by atoms with Crippen LogP contribution in [0.5, 0.6) is 0 Å². The lowest BCUT2D eigenvalue weighted by atomic mass is 10.1. The Morgan fingerprint density at radius 1 is 1.29 bits per heavy atom. The van der Waals surface area contributed by atoms with Gasteiger partial charge in [0.1, 0.15) is 5.82 Å². The van der Waals surface area contributed by atoms with Gasteiger partial charge >= 0.3 is 0 Å². The van der Waals surface area contributed by atoms with Crippen LogP contribution in [0, 0.1) is 11.3 Å². The van der Waals surface area contributed by atoms with Gasteiger partial charge in [0.2, 0.25) is 11.7 Å². The fraction of sp³-hybridized carbons (Fsp3) is 0.333. The Morgan fingerprint density at radius 2 is 2.18 bits per heavy atom. The molecule has 142 valence electrons. The van der Waals surface area contributed by atoms with Gasteiger partial charge in [-0.25, -0.2) is 4.98 Å². The van der Waals surface area contributed by atoms with E-state index in [-0.39, 0.29) is 6.04 Å². The molecule has 1 aliphatic rings. The van der Waals surface area contributed by atoms with Crippen LogP contribution in [0.3, 0.4) is 0 Å². The molecule has 1 atom stereocenters. The first kappa shape index (κ1) is 18.1. The van der Waals surface area contributed by atoms with Gasteiger partial charge in [-0.15, -0.1) is 0 Å². The van der Waals surface area contributed by atoms with Crippen LogP contribution in [-0.2, 0) is 6.54 Å². The molecule has 1 fully saturated rings. The molecule has 2 aromatic heterocycles. The van der Waals surface area contributed by atoms with E-state index in [0.29, 0.717) is 17.3 Å². The molecule has 1 aromatic carbocycles. The number of hydrogen-bond donors (Lipinski definition) is 0. The van der Waals surface area contributed by atoms with E-state index in [4.69, 9.17) is 9.78 Å². The molecular weight excluding hydrogens is 352 g/mol. The molecule has 0 aliphatic carbocycles. The van der Waals surface area contributed by atoms with Crippen molar-refractivity contribution >= 4 is 5.82 Å². The van der Waals surface area contributed by atoms with Crippen molar-refractivity contribution in [3.63, 3.8) is 0 Å². The maximum Gasteiger partial charge on any atom is 0.244 e. The highest BCUT2D eigenvalue weighted by Gasteiger charge is 2.30. The van der Waals surface area contributed by atoms with E-state index in [1.54, 1.807) is 6.20 Å². The molecule has 1 saturated heterocycles. The molecule has 1 unspecified atom stereocenters. The lowest BCUT2D eigenvalue weighted by molar-refractivity contribution is 0.201. The van der Waals surface area contributed by atoms with Gasteiger partial charge in [0.05, 0.1) is 17.7 Å². The Kier molecular flexibility index (Phi) is 5.04. The van der Waals surface area contributed by atoms with Crippen molar-refractivity contribution < 1.29 is 4.52 Å². The van der Waals surface area contributed by atoms with Gasteiger partial charge in [-0.05, 0) is 49.2 Å². The topological polar surface area (TPSA) is 82.1 Å². The number of rotatable bonds is 5. The van der Waals surface area contributed by atoms with E-state index in [0.717, 1.165) is 42.9 Å². The smallest absolute Gasteiger partial charge is 0.244 e. The normalized spacial score (nSPS) is 16.8. The minimum absolute atomic E-state index is 0.0981. The highest BCUT2D eigenvalue weighted by molar-refractivity contribution is 5.55. The minimum Gasteiger partial charge on any atom is -0.363 e. The fourth-order valence-electron chi connectivity index (χ4n) is 3.54. The highest BCUT2D eigenvalue weighted by Crippen LogP contribution is 2.33. The van der Waals surface area contributed by atoms with E-state index in [1.165, 1.54) is 0 Å². The third-order valence-electron chi connectivity index (χ3n) is 5.00. The largest absolute Gasteiger partial charge is 0.363 e. The first-order chi connectivity index (χ1) is 13.6. The molecule has 1 aliphatic heterocycles. The third kappa shape index (κ3) is 3.73. The van der Waals surface area contributed by atoms with Crippen molar-refractivity contribution in [3.05, 3.63) is 59.6 Å². The molecule has 0 radical (unpaired) electrons. The van der Waals surface area contributed by atoms with Crippen molar-refractivity contribution in [2.24, 2.45) is 0 Å². The second-order valence-electron chi connectivity index (χ2n) is 7.20. The number of likely N-dealkylation sites (tertiary alicyclic amines) is 1. The molecule has 0 bridgehead atoms. The Hall–Kier alpha value is -3.24. The number of nitrogens with zero attached hydrogens (tertiary/aromatic N) is 6. The van der Waals surface area contributed by atoms with Gasteiger partial charge in [-0.3, -0.25) is 4.90 Å². The Morgan fingerprint density at radius 3 is 2.93 bits per heavy atom. The predicted octanol–water partition coefficient (Wildman–Crippen LogP) is 3.41. The molecule has 3 aromatic rings. The summed E-state index contributed by atoms with van der Waals surface area (Å²) in [7, 11) is 3.91. The summed E-state index contributed by atoms with van der Waals surface area (Å²) in [6.45, 7) is 1.73. The SMILES string of the molecule is CN(C)c1ccc(-c2noc(C3CCCN3Cc3cccc(C#N)c3)n2)cn1. The number of pyridine rings is 1. The number of benzene rings is 1. The zero-order valence-electron chi connectivity index (χ0n) is 16.0. The maximum absolute atomic E-state index is 9.11. The minimum atomic E-state index is 0.0981. The van der Waals surface area contributed by atoms with Crippen LogP contribution in [0.15, 0.2) is 47.1 Å². The van der Waals surface area contributed by atoms with Crippen LogP contribution in [0.2, 0.25) is 0 Å². The van der Waals surface area contributed by atoms with Crippen LogP contribution in [0.1, 0.15) is 35.9 Å². The van der Waals surface area contributed by atoms with Crippen LogP contribution >= 0.6 is 0 Å². The third-order valence-corrected chi connectivity index (χ3v) is 5.00. The standard InChI is InChI=1S/C21H22N6O/c1-26(2)19-9-8-17(13-23-19)20-24-21(28-25-20)18-7-4-10-27(18)14-16-6-3-5-15(11-16)12-22/h3,5-6,8-9,11,13,18H,4,7,10,14H2,1-2H3. The van der Waals surface area contributed by atoms with Crippen LogP contribution in [0.25, 0.3) is 11.4 Å². The van der Waals surface area contributed by atoms with Crippen LogP contribution in [0.4, 0.5) is 5.82 Å². The molecule has 3 heterocycles. The van der Waals surface area contributed by atoms with Gasteiger partial charge < -0.3 is 9.42 Å². The van der Waals surface area contributed by atoms with Crippen LogP contribution in [-0.4, -0.2) is 40.7 Å². The summed E-state index contributed by atoms with van der Waals surface area (Å²) in [5.41, 5.74) is 2.64. The second kappa shape index (κ2) is 7.79. The molecule has 7 heteroatoms. The molecule has 28 heavy (non-hydrogen) atoms. The first-order valence-electron chi connectivity index (χ1n) is 9.34. The lowest BCUT2D eigenvalue weighted by Crippen LogP contribution is -2.23. The van der Waals surface area contributed by atoms with Crippen molar-refractivity contribution in [2.75, 3.05) is 25.5 Å². The number of hydrogen-bond acceptors (Lipinski definition) is 7. The van der Waals surface area contributed by atoms with Gasteiger partial charge in [0.15, 0.2) is 0 Å². The van der Waals surface area contributed by atoms with Crippen molar-refractivity contribution in [1.29, 1.82) is 5.26 Å². The van der Waals surface area contributed by atoms with E-state index in [9.17, 15) is 0 Å². The Balaban J connectivity index is 1.51. The average Bonchev–Trinajstić information content (AvgIpc) is 3.37. The summed E-state index contributed by atoms with van der Waals surface area (Å²) in [5.74, 6) is 2.08. The molecule has 0 spiro atoms. The van der Waals surface area contributed by atoms with E-state index in [2.05, 4.69) is 26.1 Å². The van der Waals surface area contributed by atoms with Gasteiger partial charge in [-0.2, -0.15) is 10.2 Å². The van der Waals surface area contributed by atoms with E-state index < -0.39 is 0 Å². The van der Waals surface area contributed by atoms with Gasteiger partial charge in [0, 0.05) is 32.4 Å². The molecule has 0 N–H and O–H groups in total. The molecule has 0 amide bonds. The molecular formula is C21H22N6O. The van der Waals surface area contributed by atoms with Crippen molar-refractivity contribution in [1.82, 2.24) is 20.0 Å². The summed E-state index contributed by atoms with van der Waals surface area (Å²) in [5, 5.41) is 13.3. The summed E-state index contributed by atoms with van der Waals surface area (Å²) in [6, 6.07) is 13.9. The Labute approximate surface area is 164 Å². The number of nitriles is 1. The zero-order valence-corrected chi connectivity index (χ0v) is 16.0. The van der Waals surface area contributed by atoms with Crippen molar-refractivity contribution in [2.45, 2.75) is 25.4 Å². The maximum atomic E-state index is 9.11. The van der Waals surface area contributed by atoms with Gasteiger partial charge in [-0.1, -0.05) is 17.3 Å². The monoisotopic (exact) mass is 374 g/mol. The quantitative estimate of drug-likeness (QED) is 0.677. The summed E-state index contributed by atoms with van der Waals surface area (Å²) in [4.78, 5) is 13.3. The molecule has 7 nitrogen and oxygen atoms in total. The summed E-state index contributed by atoms with van der Waals surface area (Å²) >= 11 is 0. The van der Waals surface area contributed by atoms with E-state index >= 15 is 0 Å². The first-order valence-corrected chi connectivity index (χ1v) is 9.34. The molecule has 4 rings (SSSR count). The Bertz CT molecular complexity index is 989. The lowest BCUT2D eigenvalue weighted by Gasteiger charge is -2.21. The molecule has 0 saturated carbocycles. The predicted molar refractivity (Wildman–Crippen MR) is 105 cm³/mol. The number of aromatic nitrogens is 3. The van der Waals surface area contributed by atoms with Crippen LogP contribution < -0.4 is 4.90 Å². The summed E-state index contributed by atoms with van der Waals surface area (Å²) in [6.07, 6.45) is 3.83. The second-order valence-corrected chi connectivity index (χ2v) is 7.20.